The van der Waals surface area contributed by atoms with Crippen molar-refractivity contribution in [2.75, 3.05) is 12.0 Å². The molecule has 5 unspecified atom stereocenters. The first-order valence-electron chi connectivity index (χ1n) is 10.8. The van der Waals surface area contributed by atoms with Gasteiger partial charge in [-0.05, 0) is 36.2 Å². The highest BCUT2D eigenvalue weighted by Gasteiger charge is 2.33. The standard InChI is InChI=1S/C21H40N4O5S/c1-8-13(6)17(20(28)24-16(12(4)5)21(29)30)25-18(26)14(9-10-31-7)23-19(27)15(22)11(2)3/h11-17H,8-10,22H2,1-7H3,(H,23,27)(H,24,28)(H,25,26)(H,29,30). The largest absolute Gasteiger partial charge is 0.480 e. The van der Waals surface area contributed by atoms with Crippen LogP contribution in [-0.2, 0) is 19.2 Å². The minimum atomic E-state index is -1.13. The summed E-state index contributed by atoms with van der Waals surface area (Å²) in [7, 11) is 0. The highest BCUT2D eigenvalue weighted by molar-refractivity contribution is 7.98. The first-order valence-corrected chi connectivity index (χ1v) is 12.1. The van der Waals surface area contributed by atoms with Gasteiger partial charge in [0.25, 0.3) is 0 Å². The van der Waals surface area contributed by atoms with Crippen LogP contribution in [0.5, 0.6) is 0 Å². The molecule has 5 atom stereocenters. The number of rotatable bonds is 14. The van der Waals surface area contributed by atoms with Gasteiger partial charge in [-0.1, -0.05) is 48.0 Å². The summed E-state index contributed by atoms with van der Waals surface area (Å²) >= 11 is 1.53. The summed E-state index contributed by atoms with van der Waals surface area (Å²) < 4.78 is 0. The molecule has 0 heterocycles. The summed E-state index contributed by atoms with van der Waals surface area (Å²) in [5, 5.41) is 17.3. The van der Waals surface area contributed by atoms with E-state index in [0.29, 0.717) is 18.6 Å². The lowest BCUT2D eigenvalue weighted by Crippen LogP contribution is -2.59. The molecule has 0 aliphatic heterocycles. The van der Waals surface area contributed by atoms with Gasteiger partial charge in [0.05, 0.1) is 6.04 Å². The highest BCUT2D eigenvalue weighted by Crippen LogP contribution is 2.12. The quantitative estimate of drug-likeness (QED) is 0.259. The van der Waals surface area contributed by atoms with E-state index in [1.54, 1.807) is 20.8 Å². The lowest BCUT2D eigenvalue weighted by Gasteiger charge is -2.29. The summed E-state index contributed by atoms with van der Waals surface area (Å²) in [6.07, 6.45) is 2.87. The summed E-state index contributed by atoms with van der Waals surface area (Å²) in [5.41, 5.74) is 5.90. The molecule has 0 aliphatic carbocycles. The van der Waals surface area contributed by atoms with Crippen LogP contribution in [0.4, 0.5) is 0 Å². The van der Waals surface area contributed by atoms with Crippen LogP contribution >= 0.6 is 11.8 Å². The molecule has 0 bridgehead atoms. The fourth-order valence-corrected chi connectivity index (χ4v) is 3.26. The summed E-state index contributed by atoms with van der Waals surface area (Å²) in [6.45, 7) is 10.7. The van der Waals surface area contributed by atoms with E-state index < -0.39 is 47.9 Å². The second kappa shape index (κ2) is 14.3. The van der Waals surface area contributed by atoms with Crippen molar-refractivity contribution < 1.29 is 24.3 Å². The maximum atomic E-state index is 13.0. The van der Waals surface area contributed by atoms with E-state index in [2.05, 4.69) is 16.0 Å². The number of thioether (sulfide) groups is 1. The molecule has 0 rings (SSSR count). The Hall–Kier alpha value is -1.81. The number of hydrogen-bond acceptors (Lipinski definition) is 6. The summed E-state index contributed by atoms with van der Waals surface area (Å²) in [6, 6.07) is -3.58. The Morgan fingerprint density at radius 1 is 0.871 bits per heavy atom. The maximum Gasteiger partial charge on any atom is 0.326 e. The first kappa shape index (κ1) is 29.2. The van der Waals surface area contributed by atoms with Gasteiger partial charge in [-0.15, -0.1) is 0 Å². The van der Waals surface area contributed by atoms with Crippen molar-refractivity contribution in [3.63, 3.8) is 0 Å². The average Bonchev–Trinajstić information content (AvgIpc) is 2.70. The smallest absolute Gasteiger partial charge is 0.326 e. The molecule has 0 aromatic heterocycles. The molecule has 0 saturated heterocycles. The second-order valence-corrected chi connectivity index (χ2v) is 9.54. The van der Waals surface area contributed by atoms with Crippen LogP contribution in [0.15, 0.2) is 0 Å². The van der Waals surface area contributed by atoms with Gasteiger partial charge in [-0.2, -0.15) is 11.8 Å². The third-order valence-electron chi connectivity index (χ3n) is 5.29. The molecule has 0 aliphatic rings. The number of nitrogens with one attached hydrogen (secondary N) is 3. The van der Waals surface area contributed by atoms with Gasteiger partial charge in [0.15, 0.2) is 0 Å². The number of carboxylic acids is 1. The molecule has 31 heavy (non-hydrogen) atoms. The number of carboxylic acid groups (broad SMARTS) is 1. The van der Waals surface area contributed by atoms with Crippen molar-refractivity contribution >= 4 is 35.5 Å². The van der Waals surface area contributed by atoms with Crippen LogP contribution in [0, 0.1) is 17.8 Å². The topological polar surface area (TPSA) is 151 Å². The number of carbonyl (C=O) groups is 4. The minimum Gasteiger partial charge on any atom is -0.480 e. The molecule has 0 aromatic rings. The van der Waals surface area contributed by atoms with Crippen molar-refractivity contribution in [3.05, 3.63) is 0 Å². The molecular weight excluding hydrogens is 420 g/mol. The SMILES string of the molecule is CCC(C)C(NC(=O)C(CCSC)NC(=O)C(N)C(C)C)C(=O)NC(C(=O)O)C(C)C. The van der Waals surface area contributed by atoms with Crippen LogP contribution in [0.3, 0.4) is 0 Å². The number of amides is 3. The minimum absolute atomic E-state index is 0.0908. The zero-order chi connectivity index (χ0) is 24.3. The summed E-state index contributed by atoms with van der Waals surface area (Å²) in [4.78, 5) is 49.7. The zero-order valence-electron chi connectivity index (χ0n) is 19.7. The molecular formula is C21H40N4O5S. The molecule has 180 valence electrons. The summed E-state index contributed by atoms with van der Waals surface area (Å²) in [5.74, 6) is -2.62. The predicted octanol–water partition coefficient (Wildman–Crippen LogP) is 0.964. The van der Waals surface area contributed by atoms with E-state index in [1.807, 2.05) is 27.0 Å². The predicted molar refractivity (Wildman–Crippen MR) is 124 cm³/mol. The van der Waals surface area contributed by atoms with Crippen LogP contribution in [-0.4, -0.2) is 65.0 Å². The van der Waals surface area contributed by atoms with E-state index in [0.717, 1.165) is 0 Å². The number of carbonyl (C=O) groups excluding carboxylic acids is 3. The molecule has 9 nitrogen and oxygen atoms in total. The van der Waals surface area contributed by atoms with Crippen molar-refractivity contribution in [3.8, 4) is 0 Å². The van der Waals surface area contributed by atoms with Crippen molar-refractivity contribution in [2.24, 2.45) is 23.5 Å². The molecule has 0 aromatic carbocycles. The third kappa shape index (κ3) is 9.90. The van der Waals surface area contributed by atoms with Gasteiger partial charge in [-0.25, -0.2) is 4.79 Å². The lowest BCUT2D eigenvalue weighted by molar-refractivity contribution is -0.144. The Morgan fingerprint density at radius 3 is 1.84 bits per heavy atom. The highest BCUT2D eigenvalue weighted by atomic mass is 32.2. The van der Waals surface area contributed by atoms with Crippen molar-refractivity contribution in [2.45, 2.75) is 78.6 Å². The van der Waals surface area contributed by atoms with E-state index in [1.165, 1.54) is 11.8 Å². The first-order chi connectivity index (χ1) is 14.4. The van der Waals surface area contributed by atoms with Gasteiger partial charge in [-0.3, -0.25) is 14.4 Å². The van der Waals surface area contributed by atoms with Crippen LogP contribution in [0.1, 0.15) is 54.4 Å². The Balaban J connectivity index is 5.52. The number of aliphatic carboxylic acids is 1. The van der Waals surface area contributed by atoms with Gasteiger partial charge < -0.3 is 26.8 Å². The molecule has 0 spiro atoms. The van der Waals surface area contributed by atoms with Crippen LogP contribution in [0.25, 0.3) is 0 Å². The van der Waals surface area contributed by atoms with E-state index in [9.17, 15) is 24.3 Å². The maximum absolute atomic E-state index is 13.0. The van der Waals surface area contributed by atoms with Gasteiger partial charge >= 0.3 is 5.97 Å². The normalized spacial score (nSPS) is 16.2. The van der Waals surface area contributed by atoms with Crippen LogP contribution in [0.2, 0.25) is 0 Å². The zero-order valence-corrected chi connectivity index (χ0v) is 20.5. The van der Waals surface area contributed by atoms with Gasteiger partial charge in [0.1, 0.15) is 18.1 Å². The Morgan fingerprint density at radius 2 is 1.42 bits per heavy atom. The fraction of sp³-hybridized carbons (Fsp3) is 0.810. The molecule has 0 saturated carbocycles. The fourth-order valence-electron chi connectivity index (χ4n) is 2.79. The second-order valence-electron chi connectivity index (χ2n) is 8.55. The lowest BCUT2D eigenvalue weighted by atomic mass is 9.96. The number of hydrogen-bond donors (Lipinski definition) is 5. The van der Waals surface area contributed by atoms with Gasteiger partial charge in [0.2, 0.25) is 17.7 Å². The Bertz CT molecular complexity index is 615. The molecule has 6 N–H and O–H groups in total. The average molecular weight is 461 g/mol. The molecule has 3 amide bonds. The third-order valence-corrected chi connectivity index (χ3v) is 5.93. The monoisotopic (exact) mass is 460 g/mol. The molecule has 0 fully saturated rings. The van der Waals surface area contributed by atoms with Crippen molar-refractivity contribution in [1.82, 2.24) is 16.0 Å². The van der Waals surface area contributed by atoms with E-state index in [4.69, 9.17) is 5.73 Å². The number of nitrogens with two attached hydrogens (primary N) is 1. The van der Waals surface area contributed by atoms with E-state index >= 15 is 0 Å². The molecule has 10 heteroatoms. The Kier molecular flexibility index (Phi) is 13.5. The van der Waals surface area contributed by atoms with Crippen molar-refractivity contribution in [1.29, 1.82) is 0 Å². The Labute approximate surface area is 190 Å². The van der Waals surface area contributed by atoms with E-state index in [-0.39, 0.29) is 17.8 Å². The molecule has 0 radical (unpaired) electrons. The van der Waals surface area contributed by atoms with Gasteiger partial charge in [0, 0.05) is 0 Å². The van der Waals surface area contributed by atoms with Crippen LogP contribution < -0.4 is 21.7 Å².